The standard InChI is InChI=1S/C36H34O10/c37-29-9-1-23(2-10-29)7-15-35(43)45-21-27(17-25-5-13-31(39)33(41)19-25)28(18-26-6-14-32(40)34(42)20-26)22-46-36(44)16-8-24-3-11-30(38)12-4-24/h1-16,19-20,27-28,37-42H,17-18,21-22H2. The molecule has 4 aromatic carbocycles. The molecule has 0 fully saturated rings. The highest BCUT2D eigenvalue weighted by molar-refractivity contribution is 5.87. The lowest BCUT2D eigenvalue weighted by Gasteiger charge is -2.27. The van der Waals surface area contributed by atoms with Gasteiger partial charge in [0.25, 0.3) is 0 Å². The first-order valence-corrected chi connectivity index (χ1v) is 14.3. The lowest BCUT2D eigenvalue weighted by Crippen LogP contribution is -2.30. The minimum atomic E-state index is -0.638. The van der Waals surface area contributed by atoms with Gasteiger partial charge in [-0.05, 0) is 95.8 Å². The molecule has 0 aromatic heterocycles. The lowest BCUT2D eigenvalue weighted by molar-refractivity contribution is -0.143. The third-order valence-corrected chi connectivity index (χ3v) is 7.23. The summed E-state index contributed by atoms with van der Waals surface area (Å²) < 4.78 is 11.2. The molecule has 238 valence electrons. The number of aromatic hydroxyl groups is 6. The number of phenols is 6. The molecular weight excluding hydrogens is 592 g/mol. The van der Waals surface area contributed by atoms with Crippen LogP contribution in [-0.2, 0) is 31.9 Å². The molecule has 0 saturated carbocycles. The van der Waals surface area contributed by atoms with Crippen LogP contribution >= 0.6 is 0 Å². The zero-order valence-corrected chi connectivity index (χ0v) is 24.7. The third-order valence-electron chi connectivity index (χ3n) is 7.23. The predicted molar refractivity (Wildman–Crippen MR) is 170 cm³/mol. The highest BCUT2D eigenvalue weighted by Crippen LogP contribution is 2.31. The maximum atomic E-state index is 12.7. The Morgan fingerprint density at radius 3 is 1.24 bits per heavy atom. The number of benzene rings is 4. The van der Waals surface area contributed by atoms with Crippen molar-refractivity contribution in [3.8, 4) is 34.5 Å². The number of hydrogen-bond donors (Lipinski definition) is 6. The summed E-state index contributed by atoms with van der Waals surface area (Å²) in [6.45, 7) is -0.230. The summed E-state index contributed by atoms with van der Waals surface area (Å²) in [6.07, 6.45) is 6.06. The van der Waals surface area contributed by atoms with Gasteiger partial charge in [-0.1, -0.05) is 36.4 Å². The number of esters is 2. The van der Waals surface area contributed by atoms with Crippen molar-refractivity contribution >= 4 is 24.1 Å². The summed E-state index contributed by atoms with van der Waals surface area (Å²) in [5, 5.41) is 58.8. The zero-order chi connectivity index (χ0) is 33.1. The van der Waals surface area contributed by atoms with Gasteiger partial charge < -0.3 is 40.1 Å². The second-order valence-corrected chi connectivity index (χ2v) is 10.7. The van der Waals surface area contributed by atoms with Crippen molar-refractivity contribution in [2.75, 3.05) is 13.2 Å². The molecule has 46 heavy (non-hydrogen) atoms. The molecule has 2 unspecified atom stereocenters. The molecule has 10 nitrogen and oxygen atoms in total. The Morgan fingerprint density at radius 1 is 0.522 bits per heavy atom. The molecule has 0 heterocycles. The van der Waals surface area contributed by atoms with Crippen molar-refractivity contribution in [2.45, 2.75) is 12.8 Å². The smallest absolute Gasteiger partial charge is 0.330 e. The minimum Gasteiger partial charge on any atom is -0.508 e. The maximum absolute atomic E-state index is 12.7. The van der Waals surface area contributed by atoms with Gasteiger partial charge >= 0.3 is 11.9 Å². The molecule has 10 heteroatoms. The van der Waals surface area contributed by atoms with Crippen molar-refractivity contribution in [2.24, 2.45) is 11.8 Å². The monoisotopic (exact) mass is 626 g/mol. The molecule has 0 spiro atoms. The number of phenolic OH excluding ortho intramolecular Hbond substituents is 6. The van der Waals surface area contributed by atoms with E-state index >= 15 is 0 Å². The van der Waals surface area contributed by atoms with Crippen LogP contribution in [0.2, 0.25) is 0 Å². The summed E-state index contributed by atoms with van der Waals surface area (Å²) in [5.74, 6) is -3.30. The van der Waals surface area contributed by atoms with E-state index in [9.17, 15) is 40.2 Å². The van der Waals surface area contributed by atoms with Gasteiger partial charge in [-0.2, -0.15) is 0 Å². The van der Waals surface area contributed by atoms with Gasteiger partial charge in [-0.3, -0.25) is 0 Å². The van der Waals surface area contributed by atoms with Crippen molar-refractivity contribution < 1.29 is 49.7 Å². The number of rotatable bonds is 13. The van der Waals surface area contributed by atoms with E-state index in [2.05, 4.69) is 0 Å². The van der Waals surface area contributed by atoms with Crippen LogP contribution in [0.15, 0.2) is 97.1 Å². The molecule has 0 bridgehead atoms. The van der Waals surface area contributed by atoms with E-state index in [1.807, 2.05) is 0 Å². The second kappa shape index (κ2) is 15.7. The van der Waals surface area contributed by atoms with E-state index in [0.717, 1.165) is 0 Å². The van der Waals surface area contributed by atoms with Crippen LogP contribution in [0.25, 0.3) is 12.2 Å². The Labute approximate surface area is 265 Å². The van der Waals surface area contributed by atoms with E-state index in [0.29, 0.717) is 22.3 Å². The van der Waals surface area contributed by atoms with Crippen molar-refractivity contribution in [1.82, 2.24) is 0 Å². The Kier molecular flexibility index (Phi) is 11.3. The first-order chi connectivity index (χ1) is 22.0. The van der Waals surface area contributed by atoms with Gasteiger partial charge in [-0.15, -0.1) is 0 Å². The van der Waals surface area contributed by atoms with Gasteiger partial charge in [0.1, 0.15) is 11.5 Å². The molecule has 0 amide bonds. The molecule has 4 rings (SSSR count). The average Bonchev–Trinajstić information content (AvgIpc) is 3.04. The topological polar surface area (TPSA) is 174 Å². The quantitative estimate of drug-likeness (QED) is 0.0636. The zero-order valence-electron chi connectivity index (χ0n) is 24.7. The van der Waals surface area contributed by atoms with Gasteiger partial charge in [0.15, 0.2) is 23.0 Å². The number of carbonyl (C=O) groups is 2. The third kappa shape index (κ3) is 10.1. The Morgan fingerprint density at radius 2 is 0.891 bits per heavy atom. The summed E-state index contributed by atoms with van der Waals surface area (Å²) in [7, 11) is 0. The van der Waals surface area contributed by atoms with Crippen LogP contribution < -0.4 is 0 Å². The minimum absolute atomic E-state index is 0.0902. The molecule has 0 aliphatic carbocycles. The lowest BCUT2D eigenvalue weighted by atomic mass is 9.83. The highest BCUT2D eigenvalue weighted by atomic mass is 16.5. The molecule has 4 aromatic rings. The maximum Gasteiger partial charge on any atom is 0.330 e. The van der Waals surface area contributed by atoms with Gasteiger partial charge in [-0.25, -0.2) is 9.59 Å². The molecule has 0 radical (unpaired) electrons. The molecule has 6 N–H and O–H groups in total. The van der Waals surface area contributed by atoms with Crippen LogP contribution in [0.1, 0.15) is 22.3 Å². The van der Waals surface area contributed by atoms with E-state index in [1.54, 1.807) is 36.4 Å². The van der Waals surface area contributed by atoms with Crippen LogP contribution in [0, 0.1) is 11.8 Å². The van der Waals surface area contributed by atoms with Crippen LogP contribution in [0.4, 0.5) is 0 Å². The molecular formula is C36H34O10. The van der Waals surface area contributed by atoms with Crippen molar-refractivity contribution in [3.63, 3.8) is 0 Å². The van der Waals surface area contributed by atoms with E-state index in [4.69, 9.17) is 9.47 Å². The molecule has 2 atom stereocenters. The average molecular weight is 627 g/mol. The normalized spacial score (nSPS) is 12.6. The number of ether oxygens (including phenoxy) is 2. The fraction of sp³-hybridized carbons (Fsp3) is 0.167. The first-order valence-electron chi connectivity index (χ1n) is 14.3. The van der Waals surface area contributed by atoms with E-state index in [1.165, 1.54) is 72.8 Å². The fourth-order valence-electron chi connectivity index (χ4n) is 4.69. The van der Waals surface area contributed by atoms with E-state index < -0.39 is 23.8 Å². The fourth-order valence-corrected chi connectivity index (χ4v) is 4.69. The Hall–Kier alpha value is -5.90. The highest BCUT2D eigenvalue weighted by Gasteiger charge is 2.26. The number of carbonyl (C=O) groups excluding carboxylic acids is 2. The van der Waals surface area contributed by atoms with Crippen molar-refractivity contribution in [1.29, 1.82) is 0 Å². The van der Waals surface area contributed by atoms with Crippen LogP contribution in [0.5, 0.6) is 34.5 Å². The van der Waals surface area contributed by atoms with Crippen molar-refractivity contribution in [3.05, 3.63) is 119 Å². The first kappa shape index (κ1) is 33.0. The van der Waals surface area contributed by atoms with Crippen LogP contribution in [0.3, 0.4) is 0 Å². The Balaban J connectivity index is 1.56. The van der Waals surface area contributed by atoms with Gasteiger partial charge in [0.05, 0.1) is 13.2 Å². The summed E-state index contributed by atoms with van der Waals surface area (Å²) in [4.78, 5) is 25.4. The summed E-state index contributed by atoms with van der Waals surface area (Å²) in [6, 6.07) is 21.2. The summed E-state index contributed by atoms with van der Waals surface area (Å²) >= 11 is 0. The molecule has 0 saturated heterocycles. The van der Waals surface area contributed by atoms with Gasteiger partial charge in [0, 0.05) is 24.0 Å². The van der Waals surface area contributed by atoms with Gasteiger partial charge in [0.2, 0.25) is 0 Å². The Bertz CT molecular complexity index is 1560. The van der Waals surface area contributed by atoms with E-state index in [-0.39, 0.29) is 60.6 Å². The molecule has 0 aliphatic heterocycles. The number of hydrogen-bond acceptors (Lipinski definition) is 10. The van der Waals surface area contributed by atoms with Crippen LogP contribution in [-0.4, -0.2) is 55.8 Å². The summed E-state index contributed by atoms with van der Waals surface area (Å²) in [5.41, 5.74) is 2.58. The predicted octanol–water partition coefficient (Wildman–Crippen LogP) is 5.45. The SMILES string of the molecule is O=C(C=Cc1ccc(O)cc1)OCC(Cc1ccc(O)c(O)c1)C(COC(=O)C=Cc1ccc(O)cc1)Cc1ccc(O)c(O)c1. The molecule has 0 aliphatic rings. The largest absolute Gasteiger partial charge is 0.508 e. The second-order valence-electron chi connectivity index (χ2n) is 10.7.